The molecule has 0 aromatic rings. The fourth-order valence-electron chi connectivity index (χ4n) is 2.28. The van der Waals surface area contributed by atoms with Crippen LogP contribution in [0.3, 0.4) is 0 Å². The summed E-state index contributed by atoms with van der Waals surface area (Å²) in [6.07, 6.45) is 4.49. The van der Waals surface area contributed by atoms with Gasteiger partial charge in [-0.25, -0.2) is 0 Å². The molecule has 0 aromatic heterocycles. The van der Waals surface area contributed by atoms with Gasteiger partial charge in [-0.05, 0) is 51.6 Å². The lowest BCUT2D eigenvalue weighted by atomic mass is 9.96. The quantitative estimate of drug-likeness (QED) is 0.535. The first-order valence-electron chi connectivity index (χ1n) is 4.49. The first kappa shape index (κ1) is 6.66. The second kappa shape index (κ2) is 2.23. The summed E-state index contributed by atoms with van der Waals surface area (Å²) in [6, 6.07) is 0.868. The molecular formula is C9H17N. The second-order valence-electron chi connectivity index (χ2n) is 4.01. The molecule has 1 aliphatic heterocycles. The molecule has 0 bridgehead atoms. The van der Waals surface area contributed by atoms with Crippen LogP contribution in [0, 0.1) is 11.8 Å². The van der Waals surface area contributed by atoms with Gasteiger partial charge in [0.05, 0.1) is 0 Å². The van der Waals surface area contributed by atoms with E-state index < -0.39 is 0 Å². The first-order valence-corrected chi connectivity index (χ1v) is 4.49. The van der Waals surface area contributed by atoms with Gasteiger partial charge in [0.2, 0.25) is 0 Å². The minimum atomic E-state index is 0.868. The van der Waals surface area contributed by atoms with Gasteiger partial charge in [0, 0.05) is 6.04 Å². The van der Waals surface area contributed by atoms with Crippen molar-refractivity contribution in [2.24, 2.45) is 11.8 Å². The van der Waals surface area contributed by atoms with Crippen molar-refractivity contribution in [2.45, 2.75) is 32.2 Å². The molecule has 10 heavy (non-hydrogen) atoms. The highest BCUT2D eigenvalue weighted by atomic mass is 15.1. The molecule has 1 heterocycles. The lowest BCUT2D eigenvalue weighted by Crippen LogP contribution is -2.26. The smallest absolute Gasteiger partial charge is 0.00952 e. The Bertz CT molecular complexity index is 129. The van der Waals surface area contributed by atoms with Crippen molar-refractivity contribution in [3.63, 3.8) is 0 Å². The van der Waals surface area contributed by atoms with E-state index in [4.69, 9.17) is 0 Å². The summed E-state index contributed by atoms with van der Waals surface area (Å²) in [5, 5.41) is 0. The molecule has 58 valence electrons. The summed E-state index contributed by atoms with van der Waals surface area (Å²) in [7, 11) is 2.26. The average molecular weight is 139 g/mol. The van der Waals surface area contributed by atoms with E-state index in [-0.39, 0.29) is 0 Å². The fourth-order valence-corrected chi connectivity index (χ4v) is 2.28. The maximum absolute atomic E-state index is 2.50. The highest BCUT2D eigenvalue weighted by molar-refractivity contribution is 4.91. The molecule has 1 saturated carbocycles. The molecule has 1 heteroatoms. The van der Waals surface area contributed by atoms with E-state index >= 15 is 0 Å². The molecule has 0 spiro atoms. The van der Waals surface area contributed by atoms with Gasteiger partial charge < -0.3 is 4.90 Å². The van der Waals surface area contributed by atoms with Crippen LogP contribution >= 0.6 is 0 Å². The zero-order valence-corrected chi connectivity index (χ0v) is 7.01. The Labute approximate surface area is 63.4 Å². The number of hydrogen-bond donors (Lipinski definition) is 0. The number of rotatable bonds is 1. The largest absolute Gasteiger partial charge is 0.303 e. The topological polar surface area (TPSA) is 3.24 Å². The molecule has 0 aromatic carbocycles. The number of likely N-dealkylation sites (tertiary alicyclic amines) is 1. The molecule has 1 saturated heterocycles. The molecule has 1 nitrogen and oxygen atoms in total. The van der Waals surface area contributed by atoms with E-state index in [0.717, 1.165) is 17.9 Å². The van der Waals surface area contributed by atoms with Crippen LogP contribution in [-0.2, 0) is 0 Å². The Kier molecular flexibility index (Phi) is 1.48. The highest BCUT2D eigenvalue weighted by Crippen LogP contribution is 2.43. The van der Waals surface area contributed by atoms with E-state index in [9.17, 15) is 0 Å². The summed E-state index contributed by atoms with van der Waals surface area (Å²) in [5.74, 6) is 2.16. The third kappa shape index (κ3) is 0.968. The van der Waals surface area contributed by atoms with E-state index in [2.05, 4.69) is 18.9 Å². The van der Waals surface area contributed by atoms with Crippen LogP contribution in [0.1, 0.15) is 26.2 Å². The van der Waals surface area contributed by atoms with E-state index in [1.807, 2.05) is 0 Å². The molecule has 2 unspecified atom stereocenters. The van der Waals surface area contributed by atoms with Crippen LogP contribution in [0.15, 0.2) is 0 Å². The van der Waals surface area contributed by atoms with Gasteiger partial charge in [-0.2, -0.15) is 0 Å². The molecule has 0 radical (unpaired) electrons. The molecule has 0 N–H and O–H groups in total. The zero-order valence-electron chi connectivity index (χ0n) is 7.01. The molecule has 2 atom stereocenters. The SMILES string of the molecule is CC1C(C2CC2)CCN1C. The second-order valence-corrected chi connectivity index (χ2v) is 4.01. The summed E-state index contributed by atoms with van der Waals surface area (Å²) < 4.78 is 0. The lowest BCUT2D eigenvalue weighted by Gasteiger charge is -2.19. The van der Waals surface area contributed by atoms with Crippen molar-refractivity contribution in [2.75, 3.05) is 13.6 Å². The van der Waals surface area contributed by atoms with Crippen molar-refractivity contribution in [3.8, 4) is 0 Å². The molecule has 2 rings (SSSR count). The van der Waals surface area contributed by atoms with Crippen LogP contribution in [0.2, 0.25) is 0 Å². The first-order chi connectivity index (χ1) is 4.79. The zero-order chi connectivity index (χ0) is 7.14. The fraction of sp³-hybridized carbons (Fsp3) is 1.00. The van der Waals surface area contributed by atoms with E-state index in [0.29, 0.717) is 0 Å². The minimum Gasteiger partial charge on any atom is -0.303 e. The Morgan fingerprint density at radius 1 is 1.20 bits per heavy atom. The Balaban J connectivity index is 1.96. The summed E-state index contributed by atoms with van der Waals surface area (Å²) in [4.78, 5) is 2.50. The van der Waals surface area contributed by atoms with Crippen LogP contribution in [0.4, 0.5) is 0 Å². The maximum atomic E-state index is 2.50. The lowest BCUT2D eigenvalue weighted by molar-refractivity contribution is 0.277. The van der Waals surface area contributed by atoms with Gasteiger partial charge in [-0.3, -0.25) is 0 Å². The minimum absolute atomic E-state index is 0.868. The van der Waals surface area contributed by atoms with Crippen LogP contribution < -0.4 is 0 Å². The van der Waals surface area contributed by atoms with Crippen LogP contribution in [-0.4, -0.2) is 24.5 Å². The van der Waals surface area contributed by atoms with Crippen molar-refractivity contribution in [1.82, 2.24) is 4.90 Å². The summed E-state index contributed by atoms with van der Waals surface area (Å²) >= 11 is 0. The van der Waals surface area contributed by atoms with Crippen LogP contribution in [0.25, 0.3) is 0 Å². The van der Waals surface area contributed by atoms with Crippen LogP contribution in [0.5, 0.6) is 0 Å². The van der Waals surface area contributed by atoms with Gasteiger partial charge in [-0.1, -0.05) is 0 Å². The highest BCUT2D eigenvalue weighted by Gasteiger charge is 2.39. The third-order valence-electron chi connectivity index (χ3n) is 3.36. The molecule has 2 aliphatic rings. The normalized spacial score (nSPS) is 42.6. The molecule has 2 fully saturated rings. The predicted molar refractivity (Wildman–Crippen MR) is 42.9 cm³/mol. The van der Waals surface area contributed by atoms with Gasteiger partial charge in [0.1, 0.15) is 0 Å². The predicted octanol–water partition coefficient (Wildman–Crippen LogP) is 1.74. The number of hydrogen-bond acceptors (Lipinski definition) is 1. The van der Waals surface area contributed by atoms with Gasteiger partial charge in [-0.15, -0.1) is 0 Å². The molecular weight excluding hydrogens is 122 g/mol. The van der Waals surface area contributed by atoms with Gasteiger partial charge >= 0.3 is 0 Å². The third-order valence-corrected chi connectivity index (χ3v) is 3.36. The summed E-state index contributed by atoms with van der Waals surface area (Å²) in [5.41, 5.74) is 0. The van der Waals surface area contributed by atoms with Crippen molar-refractivity contribution in [3.05, 3.63) is 0 Å². The Morgan fingerprint density at radius 3 is 2.30 bits per heavy atom. The van der Waals surface area contributed by atoms with Crippen molar-refractivity contribution >= 4 is 0 Å². The monoisotopic (exact) mass is 139 g/mol. The summed E-state index contributed by atoms with van der Waals surface area (Å²) in [6.45, 7) is 3.72. The van der Waals surface area contributed by atoms with Crippen molar-refractivity contribution < 1.29 is 0 Å². The van der Waals surface area contributed by atoms with Gasteiger partial charge in [0.25, 0.3) is 0 Å². The maximum Gasteiger partial charge on any atom is 0.00952 e. The van der Waals surface area contributed by atoms with E-state index in [1.54, 1.807) is 0 Å². The van der Waals surface area contributed by atoms with Gasteiger partial charge in [0.15, 0.2) is 0 Å². The molecule has 0 amide bonds. The Morgan fingerprint density at radius 2 is 1.90 bits per heavy atom. The average Bonchev–Trinajstić information content (AvgIpc) is 2.67. The van der Waals surface area contributed by atoms with E-state index in [1.165, 1.54) is 25.8 Å². The standard InChI is InChI=1S/C9H17N/c1-7-9(8-3-4-8)5-6-10(7)2/h7-9H,3-6H2,1-2H3. The molecule has 1 aliphatic carbocycles. The van der Waals surface area contributed by atoms with Crippen molar-refractivity contribution in [1.29, 1.82) is 0 Å². The number of nitrogens with zero attached hydrogens (tertiary/aromatic N) is 1. The Hall–Kier alpha value is -0.0400.